The molecule has 0 aliphatic rings. The van der Waals surface area contributed by atoms with E-state index in [2.05, 4.69) is 15.9 Å². The standard InChI is InChI=1S/C10H13BrO3/c1-2-3-14-6-7-4-8(11)10(13)9(12)5-7/h4-5,12-13H,2-3,6H2,1H3. The van der Waals surface area contributed by atoms with Crippen LogP contribution in [0.3, 0.4) is 0 Å². The first kappa shape index (κ1) is 11.3. The molecule has 1 aromatic rings. The molecule has 0 saturated carbocycles. The molecule has 0 aliphatic carbocycles. The molecule has 0 aromatic heterocycles. The van der Waals surface area contributed by atoms with Gasteiger partial charge in [0.1, 0.15) is 0 Å². The Morgan fingerprint density at radius 1 is 1.36 bits per heavy atom. The van der Waals surface area contributed by atoms with Crippen molar-refractivity contribution < 1.29 is 14.9 Å². The summed E-state index contributed by atoms with van der Waals surface area (Å²) in [7, 11) is 0. The Morgan fingerprint density at radius 3 is 2.64 bits per heavy atom. The van der Waals surface area contributed by atoms with Gasteiger partial charge in [-0.2, -0.15) is 0 Å². The average Bonchev–Trinajstić information content (AvgIpc) is 2.14. The second-order valence-electron chi connectivity index (χ2n) is 3.00. The molecule has 14 heavy (non-hydrogen) atoms. The number of phenols is 2. The summed E-state index contributed by atoms with van der Waals surface area (Å²) >= 11 is 3.14. The number of rotatable bonds is 4. The van der Waals surface area contributed by atoms with Gasteiger partial charge in [0.05, 0.1) is 11.1 Å². The van der Waals surface area contributed by atoms with E-state index < -0.39 is 0 Å². The fraction of sp³-hybridized carbons (Fsp3) is 0.400. The third kappa shape index (κ3) is 2.89. The van der Waals surface area contributed by atoms with Gasteiger partial charge in [-0.1, -0.05) is 6.92 Å². The quantitative estimate of drug-likeness (QED) is 0.647. The molecule has 1 rings (SSSR count). The normalized spacial score (nSPS) is 10.4. The molecular formula is C10H13BrO3. The van der Waals surface area contributed by atoms with Crippen molar-refractivity contribution in [2.75, 3.05) is 6.61 Å². The van der Waals surface area contributed by atoms with Crippen LogP contribution in [0.1, 0.15) is 18.9 Å². The lowest BCUT2D eigenvalue weighted by Crippen LogP contribution is -1.94. The van der Waals surface area contributed by atoms with E-state index >= 15 is 0 Å². The molecule has 0 aliphatic heterocycles. The van der Waals surface area contributed by atoms with Gasteiger partial charge in [0.2, 0.25) is 0 Å². The van der Waals surface area contributed by atoms with Crippen LogP contribution in [-0.4, -0.2) is 16.8 Å². The fourth-order valence-corrected chi connectivity index (χ4v) is 1.55. The van der Waals surface area contributed by atoms with Crippen LogP contribution in [-0.2, 0) is 11.3 Å². The van der Waals surface area contributed by atoms with Gasteiger partial charge in [-0.05, 0) is 40.0 Å². The van der Waals surface area contributed by atoms with E-state index in [9.17, 15) is 10.2 Å². The Balaban J connectivity index is 2.69. The van der Waals surface area contributed by atoms with Crippen LogP contribution in [0, 0.1) is 0 Å². The van der Waals surface area contributed by atoms with Crippen LogP contribution in [0.25, 0.3) is 0 Å². The van der Waals surface area contributed by atoms with Crippen LogP contribution >= 0.6 is 15.9 Å². The van der Waals surface area contributed by atoms with Gasteiger partial charge in [-0.25, -0.2) is 0 Å². The van der Waals surface area contributed by atoms with E-state index in [-0.39, 0.29) is 11.5 Å². The summed E-state index contributed by atoms with van der Waals surface area (Å²) in [6.07, 6.45) is 0.964. The molecular weight excluding hydrogens is 248 g/mol. The topological polar surface area (TPSA) is 49.7 Å². The summed E-state index contributed by atoms with van der Waals surface area (Å²) in [5, 5.41) is 18.6. The Kier molecular flexibility index (Phi) is 4.22. The van der Waals surface area contributed by atoms with Gasteiger partial charge in [0, 0.05) is 6.61 Å². The van der Waals surface area contributed by atoms with Crippen LogP contribution in [0.5, 0.6) is 11.5 Å². The lowest BCUT2D eigenvalue weighted by molar-refractivity contribution is 0.121. The van der Waals surface area contributed by atoms with E-state index in [1.54, 1.807) is 6.07 Å². The number of halogens is 1. The molecule has 0 fully saturated rings. The van der Waals surface area contributed by atoms with Crippen molar-refractivity contribution in [1.82, 2.24) is 0 Å². The molecule has 0 spiro atoms. The molecule has 0 radical (unpaired) electrons. The predicted octanol–water partition coefficient (Wildman–Crippen LogP) is 2.79. The molecule has 1 aromatic carbocycles. The van der Waals surface area contributed by atoms with E-state index in [1.807, 2.05) is 6.92 Å². The van der Waals surface area contributed by atoms with E-state index in [4.69, 9.17) is 4.74 Å². The summed E-state index contributed by atoms with van der Waals surface area (Å²) in [6.45, 7) is 3.17. The van der Waals surface area contributed by atoms with Gasteiger partial charge in [0.25, 0.3) is 0 Å². The summed E-state index contributed by atoms with van der Waals surface area (Å²) in [6, 6.07) is 3.22. The van der Waals surface area contributed by atoms with Gasteiger partial charge in [0.15, 0.2) is 11.5 Å². The number of hydrogen-bond acceptors (Lipinski definition) is 3. The molecule has 0 bridgehead atoms. The van der Waals surface area contributed by atoms with Crippen molar-refractivity contribution >= 4 is 15.9 Å². The van der Waals surface area contributed by atoms with Gasteiger partial charge in [-0.3, -0.25) is 0 Å². The van der Waals surface area contributed by atoms with Crippen LogP contribution in [0.15, 0.2) is 16.6 Å². The zero-order chi connectivity index (χ0) is 10.6. The van der Waals surface area contributed by atoms with Gasteiger partial charge >= 0.3 is 0 Å². The fourth-order valence-electron chi connectivity index (χ4n) is 1.06. The van der Waals surface area contributed by atoms with Crippen LogP contribution in [0.2, 0.25) is 0 Å². The largest absolute Gasteiger partial charge is 0.504 e. The molecule has 4 heteroatoms. The number of benzene rings is 1. The van der Waals surface area contributed by atoms with Crippen molar-refractivity contribution in [3.05, 3.63) is 22.2 Å². The molecule has 0 unspecified atom stereocenters. The van der Waals surface area contributed by atoms with Crippen molar-refractivity contribution in [2.24, 2.45) is 0 Å². The number of hydrogen-bond donors (Lipinski definition) is 2. The highest BCUT2D eigenvalue weighted by molar-refractivity contribution is 9.10. The minimum atomic E-state index is -0.135. The Morgan fingerprint density at radius 2 is 2.07 bits per heavy atom. The zero-order valence-corrected chi connectivity index (χ0v) is 9.54. The molecule has 0 heterocycles. The van der Waals surface area contributed by atoms with Crippen molar-refractivity contribution in [2.45, 2.75) is 20.0 Å². The molecule has 2 N–H and O–H groups in total. The second kappa shape index (κ2) is 5.22. The number of aromatic hydroxyl groups is 2. The SMILES string of the molecule is CCCOCc1cc(O)c(O)c(Br)c1. The average molecular weight is 261 g/mol. The third-order valence-electron chi connectivity index (χ3n) is 1.72. The first-order chi connectivity index (χ1) is 6.65. The summed E-state index contributed by atoms with van der Waals surface area (Å²) in [4.78, 5) is 0. The lowest BCUT2D eigenvalue weighted by atomic mass is 10.2. The number of phenolic OH excluding ortho intramolecular Hbond substituents is 2. The molecule has 78 valence electrons. The number of ether oxygens (including phenoxy) is 1. The first-order valence-corrected chi connectivity index (χ1v) is 5.22. The Bertz CT molecular complexity index is 289. The molecule has 0 saturated heterocycles. The molecule has 3 nitrogen and oxygen atoms in total. The lowest BCUT2D eigenvalue weighted by Gasteiger charge is -2.06. The highest BCUT2D eigenvalue weighted by Crippen LogP contribution is 2.34. The maximum atomic E-state index is 9.30. The summed E-state index contributed by atoms with van der Waals surface area (Å²) in [5.41, 5.74) is 0.834. The summed E-state index contributed by atoms with van der Waals surface area (Å²) < 4.78 is 5.78. The molecule has 0 atom stereocenters. The minimum absolute atomic E-state index is 0.130. The van der Waals surface area contributed by atoms with Crippen LogP contribution in [0.4, 0.5) is 0 Å². The maximum absolute atomic E-state index is 9.30. The monoisotopic (exact) mass is 260 g/mol. The smallest absolute Gasteiger partial charge is 0.171 e. The Labute approximate surface area is 91.5 Å². The summed E-state index contributed by atoms with van der Waals surface area (Å²) in [5.74, 6) is -0.265. The van der Waals surface area contributed by atoms with Crippen molar-refractivity contribution in [3.63, 3.8) is 0 Å². The predicted molar refractivity (Wildman–Crippen MR) is 57.4 cm³/mol. The van der Waals surface area contributed by atoms with E-state index in [0.29, 0.717) is 17.7 Å². The first-order valence-electron chi connectivity index (χ1n) is 4.43. The third-order valence-corrected chi connectivity index (χ3v) is 2.32. The van der Waals surface area contributed by atoms with Gasteiger partial charge in [-0.15, -0.1) is 0 Å². The van der Waals surface area contributed by atoms with Gasteiger partial charge < -0.3 is 14.9 Å². The van der Waals surface area contributed by atoms with E-state index in [0.717, 1.165) is 12.0 Å². The highest BCUT2D eigenvalue weighted by atomic mass is 79.9. The maximum Gasteiger partial charge on any atom is 0.171 e. The molecule has 0 amide bonds. The van der Waals surface area contributed by atoms with E-state index in [1.165, 1.54) is 6.07 Å². The Hall–Kier alpha value is -0.740. The van der Waals surface area contributed by atoms with Crippen molar-refractivity contribution in [1.29, 1.82) is 0 Å². The minimum Gasteiger partial charge on any atom is -0.504 e. The highest BCUT2D eigenvalue weighted by Gasteiger charge is 2.06. The van der Waals surface area contributed by atoms with Crippen molar-refractivity contribution in [3.8, 4) is 11.5 Å². The zero-order valence-electron chi connectivity index (χ0n) is 7.96. The second-order valence-corrected chi connectivity index (χ2v) is 3.85. The van der Waals surface area contributed by atoms with Crippen LogP contribution < -0.4 is 0 Å².